The summed E-state index contributed by atoms with van der Waals surface area (Å²) in [6, 6.07) is 1.34. The van der Waals surface area contributed by atoms with Crippen molar-refractivity contribution in [3.8, 4) is 0 Å². The van der Waals surface area contributed by atoms with Crippen molar-refractivity contribution in [3.63, 3.8) is 0 Å². The Morgan fingerprint density at radius 1 is 1.22 bits per heavy atom. The average Bonchev–Trinajstić information content (AvgIpc) is 2.97. The molecule has 4 rings (SSSR count). The first kappa shape index (κ1) is 19.2. The van der Waals surface area contributed by atoms with Crippen molar-refractivity contribution in [3.05, 3.63) is 16.0 Å². The summed E-state index contributed by atoms with van der Waals surface area (Å²) in [6.07, 6.45) is 6.51. The molecule has 2 fully saturated rings. The lowest BCUT2D eigenvalue weighted by Crippen LogP contribution is -2.57. The average molecular weight is 392 g/mol. The number of likely N-dealkylation sites (tertiary alicyclic amines) is 1. The van der Waals surface area contributed by atoms with Crippen LogP contribution in [0, 0.1) is 6.92 Å². The maximum absolute atomic E-state index is 12.3. The van der Waals surface area contributed by atoms with Gasteiger partial charge < -0.3 is 15.0 Å². The van der Waals surface area contributed by atoms with E-state index >= 15 is 0 Å². The lowest BCUT2D eigenvalue weighted by Gasteiger charge is -2.47. The number of fused-ring (bicyclic) bond motifs is 1. The van der Waals surface area contributed by atoms with Crippen LogP contribution >= 0.6 is 11.3 Å². The number of carbonyl (C=O) groups excluding carboxylic acids is 1. The van der Waals surface area contributed by atoms with E-state index in [1.165, 1.54) is 41.1 Å². The lowest BCUT2D eigenvalue weighted by molar-refractivity contribution is -0.0738. The third kappa shape index (κ3) is 3.64. The van der Waals surface area contributed by atoms with Crippen LogP contribution in [0.25, 0.3) is 0 Å². The third-order valence-electron chi connectivity index (χ3n) is 6.56. The van der Waals surface area contributed by atoms with Crippen molar-refractivity contribution in [2.75, 3.05) is 37.7 Å². The van der Waals surface area contributed by atoms with Gasteiger partial charge in [0.05, 0.1) is 16.7 Å². The molecule has 0 unspecified atom stereocenters. The number of ether oxygens (including phenoxy) is 1. The molecule has 1 saturated carbocycles. The summed E-state index contributed by atoms with van der Waals surface area (Å²) in [6.45, 7) is 11.3. The topological polar surface area (TPSA) is 44.8 Å². The molecule has 1 N–H and O–H groups in total. The minimum atomic E-state index is 0.123. The molecule has 150 valence electrons. The molecule has 1 aliphatic carbocycles. The molecule has 1 saturated heterocycles. The van der Waals surface area contributed by atoms with Gasteiger partial charge in [-0.25, -0.2) is 0 Å². The fraction of sp³-hybridized carbons (Fsp3) is 0.762. The predicted molar refractivity (Wildman–Crippen MR) is 111 cm³/mol. The molecular formula is C21H33N3O2S. The predicted octanol–water partition coefficient (Wildman–Crippen LogP) is 3.20. The molecule has 3 heterocycles. The van der Waals surface area contributed by atoms with E-state index in [1.54, 1.807) is 0 Å². The molecule has 6 heteroatoms. The van der Waals surface area contributed by atoms with Gasteiger partial charge in [-0.1, -0.05) is 0 Å². The molecule has 27 heavy (non-hydrogen) atoms. The minimum absolute atomic E-state index is 0.123. The summed E-state index contributed by atoms with van der Waals surface area (Å²) < 4.78 is 5.71. The number of anilines is 1. The maximum atomic E-state index is 12.3. The van der Waals surface area contributed by atoms with Crippen LogP contribution in [0.1, 0.15) is 60.3 Å². The van der Waals surface area contributed by atoms with Crippen molar-refractivity contribution in [1.82, 2.24) is 10.2 Å². The van der Waals surface area contributed by atoms with Gasteiger partial charge >= 0.3 is 0 Å². The van der Waals surface area contributed by atoms with E-state index in [0.29, 0.717) is 12.1 Å². The van der Waals surface area contributed by atoms with E-state index in [-0.39, 0.29) is 5.91 Å². The molecule has 2 aliphatic heterocycles. The zero-order chi connectivity index (χ0) is 19.0. The molecule has 0 bridgehead atoms. The second kappa shape index (κ2) is 8.10. The van der Waals surface area contributed by atoms with E-state index in [1.807, 2.05) is 11.3 Å². The number of thiophene rings is 1. The van der Waals surface area contributed by atoms with Gasteiger partial charge in [0.2, 0.25) is 0 Å². The van der Waals surface area contributed by atoms with Crippen LogP contribution in [0.5, 0.6) is 0 Å². The molecule has 5 nitrogen and oxygen atoms in total. The summed E-state index contributed by atoms with van der Waals surface area (Å²) in [7, 11) is 0. The molecule has 1 aromatic heterocycles. The van der Waals surface area contributed by atoms with Gasteiger partial charge in [-0.05, 0) is 52.0 Å². The number of carbonyl (C=O) groups is 1. The van der Waals surface area contributed by atoms with Crippen molar-refractivity contribution in [1.29, 1.82) is 0 Å². The third-order valence-corrected chi connectivity index (χ3v) is 7.95. The van der Waals surface area contributed by atoms with Crippen LogP contribution in [0.2, 0.25) is 0 Å². The number of rotatable bonds is 6. The first-order chi connectivity index (χ1) is 13.1. The molecule has 3 aliphatic rings. The zero-order valence-electron chi connectivity index (χ0n) is 16.9. The fourth-order valence-corrected chi connectivity index (χ4v) is 6.53. The van der Waals surface area contributed by atoms with Crippen LogP contribution in [0.3, 0.4) is 0 Å². The van der Waals surface area contributed by atoms with Crippen molar-refractivity contribution < 1.29 is 9.53 Å². The molecule has 0 atom stereocenters. The van der Waals surface area contributed by atoms with Gasteiger partial charge in [-0.2, -0.15) is 0 Å². The first-order valence-electron chi connectivity index (χ1n) is 10.6. The Kier molecular flexibility index (Phi) is 5.76. The Balaban J connectivity index is 1.40. The highest BCUT2D eigenvalue weighted by Crippen LogP contribution is 2.40. The molecule has 1 aromatic rings. The smallest absolute Gasteiger partial charge is 0.252 e. The van der Waals surface area contributed by atoms with Crippen molar-refractivity contribution in [2.24, 2.45) is 0 Å². The Labute approximate surface area is 167 Å². The summed E-state index contributed by atoms with van der Waals surface area (Å²) in [5, 5.41) is 4.34. The highest BCUT2D eigenvalue weighted by molar-refractivity contribution is 7.16. The van der Waals surface area contributed by atoms with Gasteiger partial charge in [0.25, 0.3) is 5.91 Å². The Morgan fingerprint density at radius 2 is 1.96 bits per heavy atom. The molecule has 0 radical (unpaired) electrons. The molecule has 0 spiro atoms. The molecular weight excluding hydrogens is 358 g/mol. The Hall–Kier alpha value is -1.11. The van der Waals surface area contributed by atoms with Crippen molar-refractivity contribution in [2.45, 2.75) is 71.1 Å². The van der Waals surface area contributed by atoms with Gasteiger partial charge in [-0.3, -0.25) is 9.69 Å². The summed E-state index contributed by atoms with van der Waals surface area (Å²) in [4.78, 5) is 18.8. The Bertz CT molecular complexity index is 675. The molecule has 1 amide bonds. The van der Waals surface area contributed by atoms with Gasteiger partial charge in [0.1, 0.15) is 0 Å². The summed E-state index contributed by atoms with van der Waals surface area (Å²) in [5.41, 5.74) is 2.15. The first-order valence-corrected chi connectivity index (χ1v) is 11.5. The number of amides is 1. The second-order valence-corrected chi connectivity index (χ2v) is 9.20. The number of nitrogens with one attached hydrogen (secondary N) is 1. The van der Waals surface area contributed by atoms with Crippen LogP contribution in [-0.4, -0.2) is 61.8 Å². The number of hydrogen-bond acceptors (Lipinski definition) is 5. The van der Waals surface area contributed by atoms with Gasteiger partial charge in [-0.15, -0.1) is 11.3 Å². The summed E-state index contributed by atoms with van der Waals surface area (Å²) in [5.74, 6) is 0.123. The Morgan fingerprint density at radius 3 is 2.59 bits per heavy atom. The standard InChI is InChI=1S/C21H33N3O2S/c1-4-24(21-14(3)19-18(27-21)10-11-22-20(19)25)16-8-6-15(7-9-16)23-12-17(13-23)26-5-2/h15-17H,4-13H2,1-3H3,(H,22,25). The monoisotopic (exact) mass is 391 g/mol. The quantitative estimate of drug-likeness (QED) is 0.809. The second-order valence-electron chi connectivity index (χ2n) is 8.12. The van der Waals surface area contributed by atoms with E-state index in [2.05, 4.69) is 35.9 Å². The van der Waals surface area contributed by atoms with Gasteiger partial charge in [0.15, 0.2) is 0 Å². The lowest BCUT2D eigenvalue weighted by atomic mass is 9.87. The SMILES string of the molecule is CCOC1CN(C2CCC(N(CC)c3sc4c(c3C)C(=O)NCC4)CC2)C1. The highest BCUT2D eigenvalue weighted by Gasteiger charge is 2.36. The van der Waals surface area contributed by atoms with E-state index in [0.717, 1.165) is 50.8 Å². The fourth-order valence-electron chi connectivity index (χ4n) is 5.10. The van der Waals surface area contributed by atoms with Gasteiger partial charge in [0, 0.05) is 56.2 Å². The normalized spacial score (nSPS) is 26.4. The van der Waals surface area contributed by atoms with Crippen LogP contribution < -0.4 is 10.2 Å². The highest BCUT2D eigenvalue weighted by atomic mass is 32.1. The van der Waals surface area contributed by atoms with E-state index in [9.17, 15) is 4.79 Å². The summed E-state index contributed by atoms with van der Waals surface area (Å²) >= 11 is 1.86. The van der Waals surface area contributed by atoms with Crippen LogP contribution in [0.4, 0.5) is 5.00 Å². The zero-order valence-corrected chi connectivity index (χ0v) is 17.7. The van der Waals surface area contributed by atoms with Crippen molar-refractivity contribution >= 4 is 22.2 Å². The largest absolute Gasteiger partial charge is 0.376 e. The van der Waals surface area contributed by atoms with Crippen LogP contribution in [-0.2, 0) is 11.2 Å². The van der Waals surface area contributed by atoms with E-state index < -0.39 is 0 Å². The number of hydrogen-bond donors (Lipinski definition) is 1. The van der Waals surface area contributed by atoms with E-state index in [4.69, 9.17) is 4.74 Å². The minimum Gasteiger partial charge on any atom is -0.376 e. The van der Waals surface area contributed by atoms with Crippen LogP contribution in [0.15, 0.2) is 0 Å². The maximum Gasteiger partial charge on any atom is 0.252 e. The number of nitrogens with zero attached hydrogens (tertiary/aromatic N) is 2. The molecule has 0 aromatic carbocycles.